The lowest BCUT2D eigenvalue weighted by atomic mass is 9.42. The van der Waals surface area contributed by atoms with Gasteiger partial charge in [0.25, 0.3) is 0 Å². The predicted molar refractivity (Wildman–Crippen MR) is 125 cm³/mol. The van der Waals surface area contributed by atoms with Crippen molar-refractivity contribution in [1.82, 2.24) is 39.7 Å². The Kier molecular flexibility index (Phi) is 4.32. The molecular weight excluding hydrogens is 450 g/mol. The summed E-state index contributed by atoms with van der Waals surface area (Å²) in [6.45, 7) is 1.59. The van der Waals surface area contributed by atoms with Gasteiger partial charge in [-0.05, 0) is 48.4 Å². The van der Waals surface area contributed by atoms with Crippen LogP contribution in [0.1, 0.15) is 30.4 Å². The molecule has 4 aromatic heterocycles. The molecule has 0 saturated heterocycles. The molecule has 5 aromatic rings. The van der Waals surface area contributed by atoms with Gasteiger partial charge in [-0.1, -0.05) is 11.3 Å². The van der Waals surface area contributed by atoms with Gasteiger partial charge in [0.2, 0.25) is 5.95 Å². The first-order valence-corrected chi connectivity index (χ1v) is 11.6. The van der Waals surface area contributed by atoms with E-state index in [9.17, 15) is 8.78 Å². The molecule has 176 valence electrons. The van der Waals surface area contributed by atoms with Crippen LogP contribution >= 0.6 is 0 Å². The molecule has 8 nitrogen and oxygen atoms in total. The highest BCUT2D eigenvalue weighted by molar-refractivity contribution is 5.80. The van der Waals surface area contributed by atoms with Crippen LogP contribution in [0.25, 0.3) is 27.8 Å². The third-order valence-electron chi connectivity index (χ3n) is 7.26. The maximum atomic E-state index is 14.6. The fourth-order valence-corrected chi connectivity index (χ4v) is 5.70. The van der Waals surface area contributed by atoms with E-state index < -0.39 is 11.6 Å². The van der Waals surface area contributed by atoms with Gasteiger partial charge in [0.15, 0.2) is 0 Å². The number of pyridine rings is 1. The smallest absolute Gasteiger partial charge is 0.217 e. The van der Waals surface area contributed by atoms with Crippen molar-refractivity contribution in [3.63, 3.8) is 0 Å². The van der Waals surface area contributed by atoms with Crippen LogP contribution in [0, 0.1) is 11.4 Å². The van der Waals surface area contributed by atoms with Crippen LogP contribution in [-0.2, 0) is 13.1 Å². The Labute approximate surface area is 199 Å². The first-order valence-electron chi connectivity index (χ1n) is 11.6. The Morgan fingerprint density at radius 1 is 1.14 bits per heavy atom. The monoisotopic (exact) mass is 472 g/mol. The predicted octanol–water partition coefficient (Wildman–Crippen LogP) is 3.71. The minimum atomic E-state index is -0.915. The number of nitrogens with zero attached hydrogens (tertiary/aromatic N) is 7. The van der Waals surface area contributed by atoms with Gasteiger partial charge in [0.1, 0.15) is 17.1 Å². The summed E-state index contributed by atoms with van der Waals surface area (Å²) in [6.07, 6.45) is 10.7. The van der Waals surface area contributed by atoms with Gasteiger partial charge in [-0.2, -0.15) is 4.39 Å². The second-order valence-corrected chi connectivity index (χ2v) is 10.0. The van der Waals surface area contributed by atoms with Crippen molar-refractivity contribution in [2.24, 2.45) is 5.41 Å². The molecule has 2 bridgehead atoms. The lowest BCUT2D eigenvalue weighted by Crippen LogP contribution is -2.67. The largest absolute Gasteiger partial charge is 0.312 e. The Hall–Kier alpha value is -3.79. The maximum absolute atomic E-state index is 14.6. The molecule has 0 amide bonds. The Balaban J connectivity index is 1.09. The van der Waals surface area contributed by atoms with Gasteiger partial charge in [0.05, 0.1) is 36.3 Å². The van der Waals surface area contributed by atoms with Gasteiger partial charge in [0, 0.05) is 36.4 Å². The summed E-state index contributed by atoms with van der Waals surface area (Å²) in [5.74, 6) is -0.472. The van der Waals surface area contributed by atoms with Crippen molar-refractivity contribution in [1.29, 1.82) is 0 Å². The topological polar surface area (TPSA) is 85.8 Å². The molecule has 3 fully saturated rings. The number of aromatic nitrogens is 7. The highest BCUT2D eigenvalue weighted by Gasteiger charge is 2.68. The van der Waals surface area contributed by atoms with Crippen LogP contribution in [0.15, 0.2) is 55.4 Å². The molecule has 35 heavy (non-hydrogen) atoms. The third-order valence-corrected chi connectivity index (χ3v) is 7.26. The lowest BCUT2D eigenvalue weighted by Gasteiger charge is -2.66. The average Bonchev–Trinajstić information content (AvgIpc) is 3.47. The first-order chi connectivity index (χ1) is 17.0. The van der Waals surface area contributed by atoms with E-state index in [4.69, 9.17) is 0 Å². The van der Waals surface area contributed by atoms with E-state index in [1.165, 1.54) is 0 Å². The van der Waals surface area contributed by atoms with E-state index in [0.29, 0.717) is 61.4 Å². The summed E-state index contributed by atoms with van der Waals surface area (Å²) >= 11 is 0. The molecule has 0 radical (unpaired) electrons. The standard InChI is InChI=1S/C25H22F2N8/c26-23-18(7-28-14-24-11-25(27,12-24)13-24)6-17-5-16(1-2-19(17)31-23)9-35-10-20(32-33-35)22-21-8-29-15-34(21)4-3-30-22/h1-6,8,10,15,28H,7,9,11-14H2. The Morgan fingerprint density at radius 3 is 2.89 bits per heavy atom. The molecule has 8 rings (SSSR count). The number of alkyl halides is 1. The fourth-order valence-electron chi connectivity index (χ4n) is 5.70. The maximum Gasteiger partial charge on any atom is 0.217 e. The molecule has 0 spiro atoms. The van der Waals surface area contributed by atoms with E-state index in [-0.39, 0.29) is 5.41 Å². The van der Waals surface area contributed by atoms with Crippen LogP contribution in [0.4, 0.5) is 8.78 Å². The van der Waals surface area contributed by atoms with Crippen molar-refractivity contribution in [2.45, 2.75) is 38.0 Å². The summed E-state index contributed by atoms with van der Waals surface area (Å²) in [6, 6.07) is 7.57. The van der Waals surface area contributed by atoms with Crippen LogP contribution in [0.2, 0.25) is 0 Å². The highest BCUT2D eigenvalue weighted by atomic mass is 19.1. The minimum absolute atomic E-state index is 0.0818. The molecule has 10 heteroatoms. The van der Waals surface area contributed by atoms with E-state index in [1.54, 1.807) is 23.4 Å². The summed E-state index contributed by atoms with van der Waals surface area (Å²) < 4.78 is 31.9. The third kappa shape index (κ3) is 3.47. The summed E-state index contributed by atoms with van der Waals surface area (Å²) in [7, 11) is 0. The van der Waals surface area contributed by atoms with Gasteiger partial charge in [-0.25, -0.2) is 19.0 Å². The van der Waals surface area contributed by atoms with Crippen molar-refractivity contribution in [3.8, 4) is 11.4 Å². The Bertz CT molecular complexity index is 1570. The van der Waals surface area contributed by atoms with Crippen molar-refractivity contribution in [2.75, 3.05) is 6.54 Å². The number of hydrogen-bond acceptors (Lipinski definition) is 6. The molecule has 0 unspecified atom stereocenters. The molecular formula is C25H22F2N8. The number of nitrogens with one attached hydrogen (secondary N) is 1. The lowest BCUT2D eigenvalue weighted by molar-refractivity contribution is -0.209. The van der Waals surface area contributed by atoms with Gasteiger partial charge < -0.3 is 9.72 Å². The van der Waals surface area contributed by atoms with E-state index in [0.717, 1.165) is 16.5 Å². The van der Waals surface area contributed by atoms with Gasteiger partial charge >= 0.3 is 0 Å². The van der Waals surface area contributed by atoms with E-state index in [1.807, 2.05) is 41.1 Å². The zero-order chi connectivity index (χ0) is 23.6. The minimum Gasteiger partial charge on any atom is -0.312 e. The molecule has 3 aliphatic rings. The van der Waals surface area contributed by atoms with E-state index in [2.05, 4.69) is 30.6 Å². The molecule has 1 N–H and O–H groups in total. The number of benzene rings is 1. The number of fused-ring (bicyclic) bond motifs is 2. The van der Waals surface area contributed by atoms with Crippen molar-refractivity contribution < 1.29 is 8.78 Å². The number of rotatable bonds is 7. The van der Waals surface area contributed by atoms with Crippen LogP contribution in [-0.4, -0.2) is 46.6 Å². The molecule has 0 aliphatic heterocycles. The molecule has 0 atom stereocenters. The first kappa shape index (κ1) is 20.6. The zero-order valence-electron chi connectivity index (χ0n) is 18.8. The van der Waals surface area contributed by atoms with Crippen molar-refractivity contribution >= 4 is 16.4 Å². The average molecular weight is 473 g/mol. The zero-order valence-corrected chi connectivity index (χ0v) is 18.8. The quantitative estimate of drug-likeness (QED) is 0.364. The number of imidazole rings is 1. The highest BCUT2D eigenvalue weighted by Crippen LogP contribution is 2.69. The number of halogens is 2. The second kappa shape index (κ2) is 7.35. The molecule has 4 heterocycles. The summed E-state index contributed by atoms with van der Waals surface area (Å²) in [5.41, 5.74) is 3.52. The van der Waals surface area contributed by atoms with Gasteiger partial charge in [-0.15, -0.1) is 5.10 Å². The SMILES string of the molecule is Fc1nc2ccc(Cn3cc(-c4nccn5cncc45)nn3)cc2cc1CNCC12CC(F)(C1)C2. The van der Waals surface area contributed by atoms with E-state index >= 15 is 0 Å². The van der Waals surface area contributed by atoms with Crippen LogP contribution in [0.3, 0.4) is 0 Å². The van der Waals surface area contributed by atoms with Crippen LogP contribution in [0.5, 0.6) is 0 Å². The Morgan fingerprint density at radius 2 is 2.03 bits per heavy atom. The summed E-state index contributed by atoms with van der Waals surface area (Å²) in [4.78, 5) is 12.7. The summed E-state index contributed by atoms with van der Waals surface area (Å²) in [5, 5.41) is 12.7. The normalized spacial score (nSPS) is 22.9. The van der Waals surface area contributed by atoms with Gasteiger partial charge in [-0.3, -0.25) is 4.98 Å². The van der Waals surface area contributed by atoms with Crippen molar-refractivity contribution in [3.05, 3.63) is 72.5 Å². The molecule has 3 saturated carbocycles. The molecule has 1 aromatic carbocycles. The molecule has 3 aliphatic carbocycles. The fraction of sp³-hybridized carbons (Fsp3) is 0.320. The van der Waals surface area contributed by atoms with Crippen LogP contribution < -0.4 is 5.32 Å². The second-order valence-electron chi connectivity index (χ2n) is 10.0. The number of hydrogen-bond donors (Lipinski definition) is 1.